The van der Waals surface area contributed by atoms with Gasteiger partial charge in [-0.3, -0.25) is 4.79 Å². The summed E-state index contributed by atoms with van der Waals surface area (Å²) in [5.74, 6) is 0.386. The van der Waals surface area contributed by atoms with Crippen LogP contribution in [0.4, 0.5) is 0 Å². The van der Waals surface area contributed by atoms with E-state index >= 15 is 0 Å². The number of aliphatic hydroxyl groups is 1. The molecule has 0 bridgehead atoms. The smallest absolute Gasteiger partial charge is 0.272 e. The Morgan fingerprint density at radius 3 is 2.64 bits per heavy atom. The van der Waals surface area contributed by atoms with Gasteiger partial charge in [0.2, 0.25) is 0 Å². The third kappa shape index (κ3) is 2.97. The number of nitrogens with zero attached hydrogens (tertiary/aromatic N) is 2. The summed E-state index contributed by atoms with van der Waals surface area (Å²) in [6.45, 7) is 0.261. The van der Waals surface area contributed by atoms with Crippen LogP contribution in [0.15, 0.2) is 36.4 Å². The van der Waals surface area contributed by atoms with Crippen molar-refractivity contribution in [3.8, 4) is 0 Å². The third-order valence-electron chi connectivity index (χ3n) is 4.76. The number of carbonyl (C=O) groups is 1. The highest BCUT2D eigenvalue weighted by atomic mass is 16.3. The van der Waals surface area contributed by atoms with Gasteiger partial charge in [0.25, 0.3) is 5.91 Å². The summed E-state index contributed by atoms with van der Waals surface area (Å²) in [7, 11) is 1.86. The van der Waals surface area contributed by atoms with Crippen LogP contribution in [0.2, 0.25) is 0 Å². The molecule has 3 rings (SSSR count). The number of aliphatic hydroxyl groups excluding tert-OH is 1. The van der Waals surface area contributed by atoms with Crippen LogP contribution in [0.1, 0.15) is 36.2 Å². The number of fused-ring (bicyclic) bond motifs is 1. The van der Waals surface area contributed by atoms with Crippen molar-refractivity contribution in [2.45, 2.75) is 31.7 Å². The molecule has 1 aliphatic carbocycles. The van der Waals surface area contributed by atoms with E-state index in [1.165, 1.54) is 0 Å². The quantitative estimate of drug-likeness (QED) is 0.948. The molecule has 0 atom stereocenters. The van der Waals surface area contributed by atoms with Crippen LogP contribution in [0.25, 0.3) is 10.9 Å². The molecule has 1 N–H and O–H groups in total. The molecule has 4 nitrogen and oxygen atoms in total. The van der Waals surface area contributed by atoms with E-state index in [0.29, 0.717) is 11.6 Å². The van der Waals surface area contributed by atoms with Crippen molar-refractivity contribution in [2.75, 3.05) is 13.7 Å². The van der Waals surface area contributed by atoms with Gasteiger partial charge in [-0.05, 0) is 43.7 Å². The van der Waals surface area contributed by atoms with Crippen molar-refractivity contribution in [3.05, 3.63) is 42.1 Å². The van der Waals surface area contributed by atoms with Gasteiger partial charge in [-0.15, -0.1) is 0 Å². The second-order valence-corrected chi connectivity index (χ2v) is 6.16. The predicted molar refractivity (Wildman–Crippen MR) is 86.7 cm³/mol. The van der Waals surface area contributed by atoms with Crippen molar-refractivity contribution in [3.63, 3.8) is 0 Å². The van der Waals surface area contributed by atoms with Crippen LogP contribution in [0.3, 0.4) is 0 Å². The molecule has 0 aliphatic heterocycles. The molecule has 22 heavy (non-hydrogen) atoms. The standard InChI is InChI=1S/C18H22N2O2/c1-20(15-9-6-13(12-21)7-10-15)18(22)17-11-8-14-4-2-3-5-16(14)19-17/h2-5,8,11,13,15,21H,6-7,9-10,12H2,1H3. The summed E-state index contributed by atoms with van der Waals surface area (Å²) < 4.78 is 0. The van der Waals surface area contributed by atoms with E-state index in [2.05, 4.69) is 4.98 Å². The Balaban J connectivity index is 1.74. The minimum Gasteiger partial charge on any atom is -0.396 e. The maximum absolute atomic E-state index is 12.7. The third-order valence-corrected chi connectivity index (χ3v) is 4.76. The lowest BCUT2D eigenvalue weighted by Crippen LogP contribution is -2.40. The fourth-order valence-corrected chi connectivity index (χ4v) is 3.25. The number of hydrogen-bond acceptors (Lipinski definition) is 3. The van der Waals surface area contributed by atoms with E-state index in [-0.39, 0.29) is 18.6 Å². The molecule has 0 spiro atoms. The Bertz CT molecular complexity index is 663. The molecule has 0 saturated heterocycles. The first-order chi connectivity index (χ1) is 10.7. The van der Waals surface area contributed by atoms with Crippen molar-refractivity contribution in [1.82, 2.24) is 9.88 Å². The van der Waals surface area contributed by atoms with Crippen molar-refractivity contribution < 1.29 is 9.90 Å². The maximum Gasteiger partial charge on any atom is 0.272 e. The zero-order chi connectivity index (χ0) is 15.5. The Labute approximate surface area is 130 Å². The van der Waals surface area contributed by atoms with Gasteiger partial charge in [-0.1, -0.05) is 24.3 Å². The Morgan fingerprint density at radius 1 is 1.18 bits per heavy atom. The van der Waals surface area contributed by atoms with Crippen LogP contribution >= 0.6 is 0 Å². The average molecular weight is 298 g/mol. The molecule has 116 valence electrons. The van der Waals surface area contributed by atoms with E-state index in [1.807, 2.05) is 42.3 Å². The van der Waals surface area contributed by atoms with Gasteiger partial charge in [0.05, 0.1) is 5.52 Å². The van der Waals surface area contributed by atoms with Crippen LogP contribution in [0, 0.1) is 5.92 Å². The predicted octanol–water partition coefficient (Wildman–Crippen LogP) is 2.86. The maximum atomic E-state index is 12.7. The molecule has 4 heteroatoms. The van der Waals surface area contributed by atoms with E-state index in [1.54, 1.807) is 6.07 Å². The molecule has 1 saturated carbocycles. The normalized spacial score (nSPS) is 21.7. The van der Waals surface area contributed by atoms with E-state index in [9.17, 15) is 9.90 Å². The van der Waals surface area contributed by atoms with E-state index in [0.717, 1.165) is 36.6 Å². The lowest BCUT2D eigenvalue weighted by Gasteiger charge is -2.34. The summed E-state index contributed by atoms with van der Waals surface area (Å²) in [6.07, 6.45) is 3.90. The number of pyridine rings is 1. The molecule has 1 fully saturated rings. The summed E-state index contributed by atoms with van der Waals surface area (Å²) in [4.78, 5) is 19.0. The Kier molecular flexibility index (Phi) is 4.39. The number of aromatic nitrogens is 1. The lowest BCUT2D eigenvalue weighted by atomic mass is 9.86. The van der Waals surface area contributed by atoms with Crippen molar-refractivity contribution in [1.29, 1.82) is 0 Å². The van der Waals surface area contributed by atoms with Gasteiger partial charge in [0.15, 0.2) is 0 Å². The van der Waals surface area contributed by atoms with Gasteiger partial charge in [0, 0.05) is 25.1 Å². The van der Waals surface area contributed by atoms with Gasteiger partial charge in [-0.25, -0.2) is 4.98 Å². The average Bonchev–Trinajstić information content (AvgIpc) is 2.60. The number of amides is 1. The largest absolute Gasteiger partial charge is 0.396 e. The molecule has 0 unspecified atom stereocenters. The summed E-state index contributed by atoms with van der Waals surface area (Å²) in [6, 6.07) is 11.8. The number of benzene rings is 1. The van der Waals surface area contributed by atoms with Crippen LogP contribution < -0.4 is 0 Å². The van der Waals surface area contributed by atoms with Crippen LogP contribution in [0.5, 0.6) is 0 Å². The summed E-state index contributed by atoms with van der Waals surface area (Å²) >= 11 is 0. The number of carbonyl (C=O) groups excluding carboxylic acids is 1. The number of para-hydroxylation sites is 1. The van der Waals surface area contributed by atoms with Gasteiger partial charge >= 0.3 is 0 Å². The molecule has 1 heterocycles. The number of rotatable bonds is 3. The first-order valence-corrected chi connectivity index (χ1v) is 7.93. The summed E-state index contributed by atoms with van der Waals surface area (Å²) in [5.41, 5.74) is 1.36. The Hall–Kier alpha value is -1.94. The minimum absolute atomic E-state index is 0.0156. The molecular formula is C18H22N2O2. The topological polar surface area (TPSA) is 53.4 Å². The zero-order valence-electron chi connectivity index (χ0n) is 12.9. The van der Waals surface area contributed by atoms with E-state index in [4.69, 9.17) is 0 Å². The summed E-state index contributed by atoms with van der Waals surface area (Å²) in [5, 5.41) is 10.3. The molecule has 1 aromatic carbocycles. The van der Waals surface area contributed by atoms with Gasteiger partial charge in [0.1, 0.15) is 5.69 Å². The molecule has 2 aromatic rings. The number of hydrogen-bond donors (Lipinski definition) is 1. The molecular weight excluding hydrogens is 276 g/mol. The molecule has 1 amide bonds. The highest BCUT2D eigenvalue weighted by Crippen LogP contribution is 2.27. The highest BCUT2D eigenvalue weighted by Gasteiger charge is 2.27. The van der Waals surface area contributed by atoms with Gasteiger partial charge < -0.3 is 10.0 Å². The molecule has 1 aromatic heterocycles. The first kappa shape index (κ1) is 15.0. The second kappa shape index (κ2) is 6.44. The fourth-order valence-electron chi connectivity index (χ4n) is 3.25. The minimum atomic E-state index is -0.0156. The monoisotopic (exact) mass is 298 g/mol. The molecule has 0 radical (unpaired) electrons. The van der Waals surface area contributed by atoms with Crippen LogP contribution in [-0.4, -0.2) is 40.6 Å². The van der Waals surface area contributed by atoms with Crippen molar-refractivity contribution >= 4 is 16.8 Å². The lowest BCUT2D eigenvalue weighted by molar-refractivity contribution is 0.0647. The SMILES string of the molecule is CN(C(=O)c1ccc2ccccc2n1)C1CCC(CO)CC1. The first-order valence-electron chi connectivity index (χ1n) is 7.93. The molecule has 1 aliphatic rings. The zero-order valence-corrected chi connectivity index (χ0v) is 12.9. The van der Waals surface area contributed by atoms with Crippen LogP contribution in [-0.2, 0) is 0 Å². The van der Waals surface area contributed by atoms with E-state index < -0.39 is 0 Å². The second-order valence-electron chi connectivity index (χ2n) is 6.16. The van der Waals surface area contributed by atoms with Crippen molar-refractivity contribution in [2.24, 2.45) is 5.92 Å². The van der Waals surface area contributed by atoms with Gasteiger partial charge in [-0.2, -0.15) is 0 Å². The fraction of sp³-hybridized carbons (Fsp3) is 0.444. The highest BCUT2D eigenvalue weighted by molar-refractivity contribution is 5.94. The Morgan fingerprint density at radius 2 is 1.91 bits per heavy atom.